The quantitative estimate of drug-likeness (QED) is 0.522. The Morgan fingerprint density at radius 1 is 1.00 bits per heavy atom. The molecule has 1 spiro atoms. The van der Waals surface area contributed by atoms with E-state index in [1.807, 2.05) is 24.3 Å². The van der Waals surface area contributed by atoms with E-state index in [0.717, 1.165) is 49.0 Å². The first-order valence-electron chi connectivity index (χ1n) is 11.2. The maximum absolute atomic E-state index is 9.82. The lowest BCUT2D eigenvalue weighted by Crippen LogP contribution is -2.35. The first-order chi connectivity index (χ1) is 15.1. The van der Waals surface area contributed by atoms with E-state index < -0.39 is 0 Å². The molecular formula is C26H31ClO4. The molecule has 5 heteroatoms. The molecule has 166 valence electrons. The van der Waals surface area contributed by atoms with Gasteiger partial charge >= 0.3 is 0 Å². The summed E-state index contributed by atoms with van der Waals surface area (Å²) in [7, 11) is 0. The number of halogens is 1. The summed E-state index contributed by atoms with van der Waals surface area (Å²) in [4.78, 5) is 0. The Balaban J connectivity index is 1.68. The fourth-order valence-corrected chi connectivity index (χ4v) is 4.98. The van der Waals surface area contributed by atoms with Gasteiger partial charge in [0.05, 0.1) is 19.1 Å². The van der Waals surface area contributed by atoms with Gasteiger partial charge in [-0.3, -0.25) is 0 Å². The molecular weight excluding hydrogens is 412 g/mol. The Hall–Kier alpha value is -2.01. The van der Waals surface area contributed by atoms with E-state index >= 15 is 0 Å². The van der Waals surface area contributed by atoms with Crippen LogP contribution in [0, 0.1) is 5.92 Å². The number of rotatable bonds is 7. The fraction of sp³-hybridized carbons (Fsp3) is 0.462. The second kappa shape index (κ2) is 10.1. The fourth-order valence-electron chi connectivity index (χ4n) is 4.90. The van der Waals surface area contributed by atoms with Crippen molar-refractivity contribution in [3.8, 4) is 11.5 Å². The third kappa shape index (κ3) is 5.08. The second-order valence-corrected chi connectivity index (χ2v) is 8.62. The predicted octanol–water partition coefficient (Wildman–Crippen LogP) is 6.16. The number of alkyl halides is 1. The van der Waals surface area contributed by atoms with Gasteiger partial charge in [-0.2, -0.15) is 0 Å². The van der Waals surface area contributed by atoms with Crippen LogP contribution in [0.15, 0.2) is 54.1 Å². The van der Waals surface area contributed by atoms with Crippen LogP contribution in [0.25, 0.3) is 5.57 Å². The van der Waals surface area contributed by atoms with E-state index in [0.29, 0.717) is 31.6 Å². The van der Waals surface area contributed by atoms with Crippen LogP contribution < -0.4 is 4.74 Å². The van der Waals surface area contributed by atoms with Crippen LogP contribution in [0.2, 0.25) is 0 Å². The van der Waals surface area contributed by atoms with Crippen LogP contribution in [0.3, 0.4) is 0 Å². The number of allylic oxidation sites excluding steroid dienone is 1. The summed E-state index contributed by atoms with van der Waals surface area (Å²) in [6, 6.07) is 15.8. The number of aromatic hydroxyl groups is 1. The maximum Gasteiger partial charge on any atom is 0.168 e. The van der Waals surface area contributed by atoms with Crippen molar-refractivity contribution < 1.29 is 19.3 Å². The molecule has 0 amide bonds. The molecule has 0 unspecified atom stereocenters. The Labute approximate surface area is 189 Å². The van der Waals surface area contributed by atoms with Gasteiger partial charge in [0, 0.05) is 12.8 Å². The van der Waals surface area contributed by atoms with Gasteiger partial charge < -0.3 is 19.3 Å². The molecule has 31 heavy (non-hydrogen) atoms. The lowest BCUT2D eigenvalue weighted by Gasteiger charge is -2.37. The number of benzene rings is 2. The molecule has 0 aromatic heterocycles. The first-order valence-corrected chi connectivity index (χ1v) is 11.8. The molecule has 1 aliphatic carbocycles. The molecule has 1 saturated heterocycles. The van der Waals surface area contributed by atoms with Gasteiger partial charge in [-0.05, 0) is 66.1 Å². The topological polar surface area (TPSA) is 47.9 Å². The summed E-state index contributed by atoms with van der Waals surface area (Å²) < 4.78 is 17.5. The van der Waals surface area contributed by atoms with E-state index in [2.05, 4.69) is 19.1 Å². The van der Waals surface area contributed by atoms with E-state index in [1.54, 1.807) is 12.1 Å². The van der Waals surface area contributed by atoms with Crippen LogP contribution in [0.1, 0.15) is 50.2 Å². The van der Waals surface area contributed by atoms with Crippen molar-refractivity contribution in [1.29, 1.82) is 0 Å². The number of phenolic OH excluding ortho intramolecular Hbond substituents is 1. The number of phenols is 1. The number of hydrogen-bond acceptors (Lipinski definition) is 4. The Morgan fingerprint density at radius 2 is 1.58 bits per heavy atom. The molecule has 0 bridgehead atoms. The zero-order valence-corrected chi connectivity index (χ0v) is 18.9. The zero-order chi connectivity index (χ0) is 21.7. The van der Waals surface area contributed by atoms with Gasteiger partial charge in [0.2, 0.25) is 0 Å². The van der Waals surface area contributed by atoms with Crippen LogP contribution in [-0.2, 0) is 9.47 Å². The maximum atomic E-state index is 9.82. The summed E-state index contributed by atoms with van der Waals surface area (Å²) >= 11 is 5.75. The molecule has 0 atom stereocenters. The Bertz CT molecular complexity index is 873. The van der Waals surface area contributed by atoms with Crippen LogP contribution >= 0.6 is 11.6 Å². The molecule has 1 heterocycles. The van der Waals surface area contributed by atoms with E-state index in [-0.39, 0.29) is 11.5 Å². The highest BCUT2D eigenvalue weighted by molar-refractivity contribution is 6.18. The highest BCUT2D eigenvalue weighted by Gasteiger charge is 2.41. The molecule has 2 fully saturated rings. The third-order valence-corrected chi connectivity index (χ3v) is 6.55. The zero-order valence-electron chi connectivity index (χ0n) is 18.1. The summed E-state index contributed by atoms with van der Waals surface area (Å²) in [5.74, 6) is 1.70. The second-order valence-electron chi connectivity index (χ2n) is 8.24. The number of ether oxygens (including phenoxy) is 3. The normalized spacial score (nSPS) is 19.4. The Morgan fingerprint density at radius 3 is 2.13 bits per heavy atom. The molecule has 1 aliphatic heterocycles. The minimum Gasteiger partial charge on any atom is -0.508 e. The van der Waals surface area contributed by atoms with Crippen LogP contribution in [-0.4, -0.2) is 36.6 Å². The largest absolute Gasteiger partial charge is 0.508 e. The molecule has 2 aliphatic rings. The minimum absolute atomic E-state index is 0.279. The van der Waals surface area contributed by atoms with Crippen molar-refractivity contribution in [2.75, 3.05) is 25.7 Å². The van der Waals surface area contributed by atoms with Gasteiger partial charge in [0.15, 0.2) is 5.79 Å². The predicted molar refractivity (Wildman–Crippen MR) is 124 cm³/mol. The monoisotopic (exact) mass is 442 g/mol. The lowest BCUT2D eigenvalue weighted by molar-refractivity contribution is -0.180. The molecule has 4 nitrogen and oxygen atoms in total. The SMILES string of the molecule is CC/C(=C(\c1ccc(O)cc1)c1ccc(OCCCl)cc1)C1CCC2(CC1)OCCO2. The van der Waals surface area contributed by atoms with Gasteiger partial charge in [-0.1, -0.05) is 36.8 Å². The van der Waals surface area contributed by atoms with Gasteiger partial charge in [0.1, 0.15) is 18.1 Å². The number of hydrogen-bond donors (Lipinski definition) is 1. The van der Waals surface area contributed by atoms with Crippen molar-refractivity contribution in [1.82, 2.24) is 0 Å². The Kier molecular flexibility index (Phi) is 7.21. The lowest BCUT2D eigenvalue weighted by atomic mass is 9.76. The highest BCUT2D eigenvalue weighted by Crippen LogP contribution is 2.44. The average Bonchev–Trinajstić information content (AvgIpc) is 3.26. The van der Waals surface area contributed by atoms with Crippen LogP contribution in [0.4, 0.5) is 0 Å². The standard InChI is InChI=1S/C26H31ClO4/c1-2-24(19-11-13-26(14-12-19)30-17-18-31-26)25(20-3-7-22(28)8-4-20)21-5-9-23(10-6-21)29-16-15-27/h3-10,19,28H,2,11-18H2,1H3/b25-24-. The summed E-state index contributed by atoms with van der Waals surface area (Å²) in [6.45, 7) is 4.15. The van der Waals surface area contributed by atoms with Gasteiger partial charge in [-0.15, -0.1) is 11.6 Å². The van der Waals surface area contributed by atoms with E-state index in [1.165, 1.54) is 11.1 Å². The summed E-state index contributed by atoms with van der Waals surface area (Å²) in [6.07, 6.45) is 4.97. The molecule has 4 rings (SSSR count). The smallest absolute Gasteiger partial charge is 0.168 e. The first kappa shape index (κ1) is 22.2. The van der Waals surface area contributed by atoms with E-state index in [9.17, 15) is 5.11 Å². The van der Waals surface area contributed by atoms with Crippen molar-refractivity contribution in [2.45, 2.75) is 44.8 Å². The third-order valence-electron chi connectivity index (χ3n) is 6.40. The molecule has 0 radical (unpaired) electrons. The highest BCUT2D eigenvalue weighted by atomic mass is 35.5. The van der Waals surface area contributed by atoms with Crippen molar-refractivity contribution in [2.24, 2.45) is 5.92 Å². The molecule has 1 N–H and O–H groups in total. The van der Waals surface area contributed by atoms with Gasteiger partial charge in [0.25, 0.3) is 0 Å². The summed E-state index contributed by atoms with van der Waals surface area (Å²) in [5, 5.41) is 9.82. The average molecular weight is 443 g/mol. The van der Waals surface area contributed by atoms with Gasteiger partial charge in [-0.25, -0.2) is 0 Å². The molecule has 2 aromatic carbocycles. The van der Waals surface area contributed by atoms with Crippen molar-refractivity contribution >= 4 is 17.2 Å². The summed E-state index contributed by atoms with van der Waals surface area (Å²) in [5.41, 5.74) is 4.99. The minimum atomic E-state index is -0.352. The van der Waals surface area contributed by atoms with Crippen LogP contribution in [0.5, 0.6) is 11.5 Å². The van der Waals surface area contributed by atoms with E-state index in [4.69, 9.17) is 25.8 Å². The molecule has 1 saturated carbocycles. The van der Waals surface area contributed by atoms with Crippen molar-refractivity contribution in [3.63, 3.8) is 0 Å². The molecule has 2 aromatic rings. The van der Waals surface area contributed by atoms with Crippen molar-refractivity contribution in [3.05, 3.63) is 65.2 Å².